The quantitative estimate of drug-likeness (QED) is 0.473. The molecule has 5 nitrogen and oxygen atoms in total. The second kappa shape index (κ2) is 4.03. The van der Waals surface area contributed by atoms with Gasteiger partial charge in [-0.05, 0) is 0 Å². The predicted octanol–water partition coefficient (Wildman–Crippen LogP) is 1.67. The van der Waals surface area contributed by atoms with Crippen LogP contribution in [0.1, 0.15) is 5.69 Å². The number of aromatic nitrogens is 2. The molecule has 0 aliphatic rings. The zero-order valence-electron chi connectivity index (χ0n) is 8.37. The predicted molar refractivity (Wildman–Crippen MR) is 43.8 cm³/mol. The van der Waals surface area contributed by atoms with Gasteiger partial charge in [-0.25, -0.2) is 0 Å². The van der Waals surface area contributed by atoms with Gasteiger partial charge in [-0.15, -0.1) is 5.10 Å². The number of alkyl halides is 6. The highest BCUT2D eigenvalue weighted by Crippen LogP contribution is 2.32. The molecular formula is C6H4F6N2O3S. The van der Waals surface area contributed by atoms with Gasteiger partial charge < -0.3 is 4.18 Å². The fourth-order valence-corrected chi connectivity index (χ4v) is 1.31. The zero-order valence-corrected chi connectivity index (χ0v) is 9.19. The summed E-state index contributed by atoms with van der Waals surface area (Å²) >= 11 is 0. The van der Waals surface area contributed by atoms with Gasteiger partial charge in [-0.3, -0.25) is 4.68 Å². The summed E-state index contributed by atoms with van der Waals surface area (Å²) in [5, 5.41) is 2.87. The van der Waals surface area contributed by atoms with Crippen LogP contribution in [0.3, 0.4) is 0 Å². The molecule has 0 aromatic carbocycles. The Hall–Kier alpha value is -1.46. The zero-order chi connectivity index (χ0) is 14.4. The van der Waals surface area contributed by atoms with Gasteiger partial charge >= 0.3 is 21.8 Å². The number of hydrogen-bond donors (Lipinski definition) is 0. The largest absolute Gasteiger partial charge is 0.534 e. The Bertz CT molecular complexity index is 543. The summed E-state index contributed by atoms with van der Waals surface area (Å²) in [6.07, 6.45) is -4.90. The van der Waals surface area contributed by atoms with Crippen LogP contribution in [-0.4, -0.2) is 23.7 Å². The molecule has 1 rings (SSSR count). The number of aryl methyl sites for hydroxylation is 1. The smallest absolute Gasteiger partial charge is 0.354 e. The molecule has 1 aromatic heterocycles. The summed E-state index contributed by atoms with van der Waals surface area (Å²) < 4.78 is 97.0. The summed E-state index contributed by atoms with van der Waals surface area (Å²) in [7, 11) is -5.27. The first-order valence-electron chi connectivity index (χ1n) is 3.96. The fraction of sp³-hybridized carbons (Fsp3) is 0.500. The highest BCUT2D eigenvalue weighted by Gasteiger charge is 2.49. The lowest BCUT2D eigenvalue weighted by Crippen LogP contribution is -2.28. The van der Waals surface area contributed by atoms with Crippen LogP contribution in [0.4, 0.5) is 26.3 Å². The maximum atomic E-state index is 12.2. The van der Waals surface area contributed by atoms with Crippen LogP contribution in [0.2, 0.25) is 0 Å². The molecule has 0 bridgehead atoms. The summed E-state index contributed by atoms with van der Waals surface area (Å²) in [6.45, 7) is 0. The van der Waals surface area contributed by atoms with E-state index in [2.05, 4.69) is 9.28 Å². The Morgan fingerprint density at radius 2 is 1.72 bits per heavy atom. The van der Waals surface area contributed by atoms with Gasteiger partial charge in [0.1, 0.15) is 5.69 Å². The van der Waals surface area contributed by atoms with Crippen molar-refractivity contribution in [1.82, 2.24) is 9.78 Å². The van der Waals surface area contributed by atoms with Gasteiger partial charge in [0, 0.05) is 13.1 Å². The topological polar surface area (TPSA) is 61.2 Å². The SMILES string of the molecule is Cn1nc(OS(=O)(=O)C(F)(F)F)cc1C(F)(F)F. The average Bonchev–Trinajstić information content (AvgIpc) is 2.42. The molecule has 0 spiro atoms. The van der Waals surface area contributed by atoms with Crippen LogP contribution in [0, 0.1) is 0 Å². The van der Waals surface area contributed by atoms with Crippen molar-refractivity contribution in [3.63, 3.8) is 0 Å². The van der Waals surface area contributed by atoms with Crippen LogP contribution >= 0.6 is 0 Å². The first-order chi connectivity index (χ1) is 7.84. The van der Waals surface area contributed by atoms with Crippen molar-refractivity contribution in [3.8, 4) is 5.88 Å². The minimum Gasteiger partial charge on any atom is -0.354 e. The van der Waals surface area contributed by atoms with Crippen molar-refractivity contribution < 1.29 is 38.9 Å². The van der Waals surface area contributed by atoms with Crippen LogP contribution in [0.25, 0.3) is 0 Å². The Kier molecular flexibility index (Phi) is 3.27. The minimum absolute atomic E-state index is 0.0449. The third-order valence-electron chi connectivity index (χ3n) is 1.63. The monoisotopic (exact) mass is 298 g/mol. The van der Waals surface area contributed by atoms with Crippen molar-refractivity contribution >= 4 is 10.1 Å². The number of halogens is 6. The Labute approximate surface area is 96.1 Å². The van der Waals surface area contributed by atoms with Gasteiger partial charge in [0.15, 0.2) is 0 Å². The number of hydrogen-bond acceptors (Lipinski definition) is 4. The maximum Gasteiger partial charge on any atom is 0.534 e. The molecule has 0 unspecified atom stereocenters. The second-order valence-electron chi connectivity index (χ2n) is 2.97. The Balaban J connectivity index is 3.10. The normalized spacial score (nSPS) is 13.7. The lowest BCUT2D eigenvalue weighted by molar-refractivity contribution is -0.143. The average molecular weight is 298 g/mol. The van der Waals surface area contributed by atoms with Gasteiger partial charge in [-0.2, -0.15) is 34.8 Å². The van der Waals surface area contributed by atoms with Gasteiger partial charge in [0.2, 0.25) is 0 Å². The third kappa shape index (κ3) is 2.86. The Morgan fingerprint density at radius 3 is 2.06 bits per heavy atom. The van der Waals surface area contributed by atoms with E-state index in [0.29, 0.717) is 0 Å². The highest BCUT2D eigenvalue weighted by molar-refractivity contribution is 7.87. The summed E-state index contributed by atoms with van der Waals surface area (Å²) in [6, 6.07) is 0.0449. The standard InChI is InChI=1S/C6H4F6N2O3S/c1-14-3(5(7,8)9)2-4(13-14)17-18(15,16)6(10,11)12/h2H,1H3. The van der Waals surface area contributed by atoms with E-state index in [4.69, 9.17) is 0 Å². The fourth-order valence-electron chi connectivity index (χ4n) is 0.907. The lowest BCUT2D eigenvalue weighted by Gasteiger charge is -2.06. The van der Waals surface area contributed by atoms with Gasteiger partial charge in [0.25, 0.3) is 5.88 Å². The summed E-state index contributed by atoms with van der Waals surface area (Å²) in [5.74, 6) is -1.32. The van der Waals surface area contributed by atoms with E-state index in [0.717, 1.165) is 7.05 Å². The molecule has 0 N–H and O–H groups in total. The van der Waals surface area contributed by atoms with E-state index in [9.17, 15) is 34.8 Å². The van der Waals surface area contributed by atoms with Crippen molar-refractivity contribution in [3.05, 3.63) is 11.8 Å². The minimum atomic E-state index is -6.04. The van der Waals surface area contributed by atoms with Crippen molar-refractivity contribution in [2.45, 2.75) is 11.7 Å². The maximum absolute atomic E-state index is 12.2. The van der Waals surface area contributed by atoms with E-state index in [1.807, 2.05) is 0 Å². The molecule has 0 aliphatic heterocycles. The number of nitrogens with zero attached hydrogens (tertiary/aromatic N) is 2. The molecule has 0 radical (unpaired) electrons. The van der Waals surface area contributed by atoms with Gasteiger partial charge in [-0.1, -0.05) is 0 Å². The molecule has 1 aromatic rings. The molecule has 1 heterocycles. The van der Waals surface area contributed by atoms with Crippen molar-refractivity contribution in [1.29, 1.82) is 0 Å². The van der Waals surface area contributed by atoms with Crippen molar-refractivity contribution in [2.75, 3.05) is 0 Å². The first kappa shape index (κ1) is 14.6. The molecule has 12 heteroatoms. The van der Waals surface area contributed by atoms with E-state index >= 15 is 0 Å². The van der Waals surface area contributed by atoms with E-state index in [1.165, 1.54) is 0 Å². The van der Waals surface area contributed by atoms with E-state index < -0.39 is 33.4 Å². The molecule has 0 saturated heterocycles. The highest BCUT2D eigenvalue weighted by atomic mass is 32.2. The Morgan fingerprint density at radius 1 is 1.22 bits per heavy atom. The third-order valence-corrected chi connectivity index (χ3v) is 2.58. The van der Waals surface area contributed by atoms with E-state index in [-0.39, 0.29) is 10.7 Å². The van der Waals surface area contributed by atoms with Crippen molar-refractivity contribution in [2.24, 2.45) is 7.05 Å². The second-order valence-corrected chi connectivity index (χ2v) is 4.51. The summed E-state index contributed by atoms with van der Waals surface area (Å²) in [4.78, 5) is 0. The molecule has 0 aliphatic carbocycles. The van der Waals surface area contributed by atoms with Crippen LogP contribution in [0.15, 0.2) is 6.07 Å². The van der Waals surface area contributed by atoms with Gasteiger partial charge in [0.05, 0.1) is 0 Å². The molecule has 0 atom stereocenters. The van der Waals surface area contributed by atoms with E-state index in [1.54, 1.807) is 0 Å². The van der Waals surface area contributed by atoms with Crippen LogP contribution < -0.4 is 4.18 Å². The lowest BCUT2D eigenvalue weighted by atomic mass is 10.4. The first-order valence-corrected chi connectivity index (χ1v) is 5.37. The summed E-state index contributed by atoms with van der Waals surface area (Å²) in [5.41, 5.74) is -7.20. The molecular weight excluding hydrogens is 294 g/mol. The molecule has 0 saturated carbocycles. The molecule has 18 heavy (non-hydrogen) atoms. The van der Waals surface area contributed by atoms with Crippen LogP contribution in [0.5, 0.6) is 5.88 Å². The molecule has 104 valence electrons. The number of rotatable bonds is 2. The van der Waals surface area contributed by atoms with Crippen LogP contribution in [-0.2, 0) is 23.3 Å². The molecule has 0 amide bonds. The molecule has 0 fully saturated rings.